The lowest BCUT2D eigenvalue weighted by Gasteiger charge is -2.30. The number of halogens is 4. The van der Waals surface area contributed by atoms with E-state index in [0.717, 1.165) is 22.9 Å². The molecule has 0 unspecified atom stereocenters. The highest BCUT2D eigenvalue weighted by Gasteiger charge is 2.31. The Morgan fingerprint density at radius 2 is 1.64 bits per heavy atom. The predicted octanol–water partition coefficient (Wildman–Crippen LogP) is 8.29. The van der Waals surface area contributed by atoms with Crippen molar-refractivity contribution in [2.75, 3.05) is 13.2 Å². The number of rotatable bonds is 10. The Morgan fingerprint density at radius 1 is 0.889 bits per heavy atom. The van der Waals surface area contributed by atoms with Crippen LogP contribution in [-0.4, -0.2) is 19.6 Å². The lowest BCUT2D eigenvalue weighted by atomic mass is 9.98. The Hall–Kier alpha value is -2.64. The largest absolute Gasteiger partial charge is 0.573 e. The summed E-state index contributed by atoms with van der Waals surface area (Å²) in [6, 6.07) is 14.8. The smallest absolute Gasteiger partial charge is 0.406 e. The van der Waals surface area contributed by atoms with E-state index in [0.29, 0.717) is 42.9 Å². The van der Waals surface area contributed by atoms with Crippen LogP contribution in [-0.2, 0) is 22.3 Å². The maximum absolute atomic E-state index is 15.2. The van der Waals surface area contributed by atoms with Gasteiger partial charge in [0.05, 0.1) is 13.2 Å². The van der Waals surface area contributed by atoms with Crippen molar-refractivity contribution < 1.29 is 31.8 Å². The van der Waals surface area contributed by atoms with Gasteiger partial charge in [-0.1, -0.05) is 69.0 Å². The zero-order chi connectivity index (χ0) is 25.5. The van der Waals surface area contributed by atoms with Gasteiger partial charge >= 0.3 is 6.36 Å². The van der Waals surface area contributed by atoms with Crippen molar-refractivity contribution in [2.24, 2.45) is 5.92 Å². The molecule has 0 aromatic heterocycles. The van der Waals surface area contributed by atoms with Crippen LogP contribution in [0.4, 0.5) is 17.6 Å². The summed E-state index contributed by atoms with van der Waals surface area (Å²) in [6.07, 6.45) is 1.82. The first-order chi connectivity index (χ1) is 17.3. The van der Waals surface area contributed by atoms with Crippen molar-refractivity contribution in [3.63, 3.8) is 0 Å². The third kappa shape index (κ3) is 7.20. The number of alkyl halides is 3. The van der Waals surface area contributed by atoms with E-state index in [1.54, 1.807) is 24.3 Å². The van der Waals surface area contributed by atoms with E-state index in [2.05, 4.69) is 11.7 Å². The quantitative estimate of drug-likeness (QED) is 0.205. The SMILES string of the molecule is CCCCCCC1COC(c2ccc3c(F)c(CCc4ccc(OC(F)(F)F)cc4)ccc3c2)OC1. The summed E-state index contributed by atoms with van der Waals surface area (Å²) in [5.41, 5.74) is 2.23. The van der Waals surface area contributed by atoms with Gasteiger partial charge in [0.1, 0.15) is 11.6 Å². The lowest BCUT2D eigenvalue weighted by molar-refractivity contribution is -0.274. The molecule has 0 aliphatic carbocycles. The fourth-order valence-electron chi connectivity index (χ4n) is 4.59. The van der Waals surface area contributed by atoms with Crippen molar-refractivity contribution in [3.8, 4) is 5.75 Å². The molecule has 3 aromatic carbocycles. The fourth-order valence-corrected chi connectivity index (χ4v) is 4.59. The van der Waals surface area contributed by atoms with Gasteiger partial charge in [0.25, 0.3) is 0 Å². The van der Waals surface area contributed by atoms with Crippen LogP contribution in [0.3, 0.4) is 0 Å². The molecule has 0 radical (unpaired) electrons. The van der Waals surface area contributed by atoms with E-state index in [9.17, 15) is 13.2 Å². The maximum atomic E-state index is 15.2. The van der Waals surface area contributed by atoms with E-state index in [1.165, 1.54) is 37.8 Å². The van der Waals surface area contributed by atoms with Crippen LogP contribution in [0.2, 0.25) is 0 Å². The van der Waals surface area contributed by atoms with Crippen LogP contribution < -0.4 is 4.74 Å². The number of unbranched alkanes of at least 4 members (excludes halogenated alkanes) is 3. The molecule has 7 heteroatoms. The van der Waals surface area contributed by atoms with Gasteiger partial charge in [-0.05, 0) is 54.0 Å². The third-order valence-corrected chi connectivity index (χ3v) is 6.60. The van der Waals surface area contributed by atoms with Crippen molar-refractivity contribution in [1.82, 2.24) is 0 Å². The fraction of sp³-hybridized carbons (Fsp3) is 0.448. The molecule has 194 valence electrons. The minimum absolute atomic E-state index is 0.271. The zero-order valence-electron chi connectivity index (χ0n) is 20.5. The van der Waals surface area contributed by atoms with Gasteiger partial charge in [-0.25, -0.2) is 4.39 Å². The molecule has 0 N–H and O–H groups in total. The Labute approximate surface area is 209 Å². The number of hydrogen-bond acceptors (Lipinski definition) is 3. The van der Waals surface area contributed by atoms with Gasteiger partial charge < -0.3 is 14.2 Å². The molecule has 0 saturated carbocycles. The first-order valence-electron chi connectivity index (χ1n) is 12.6. The molecule has 0 amide bonds. The highest BCUT2D eigenvalue weighted by Crippen LogP contribution is 2.31. The van der Waals surface area contributed by atoms with Gasteiger partial charge in [-0.2, -0.15) is 0 Å². The van der Waals surface area contributed by atoms with E-state index in [4.69, 9.17) is 9.47 Å². The van der Waals surface area contributed by atoms with Crippen molar-refractivity contribution in [3.05, 3.63) is 77.1 Å². The Kier molecular flexibility index (Phi) is 8.86. The molecule has 4 rings (SSSR count). The molecule has 0 spiro atoms. The minimum atomic E-state index is -4.72. The van der Waals surface area contributed by atoms with Gasteiger partial charge in [0.2, 0.25) is 0 Å². The van der Waals surface area contributed by atoms with Crippen molar-refractivity contribution in [2.45, 2.75) is 64.5 Å². The molecule has 1 fully saturated rings. The van der Waals surface area contributed by atoms with E-state index >= 15 is 4.39 Å². The number of hydrogen-bond donors (Lipinski definition) is 0. The zero-order valence-corrected chi connectivity index (χ0v) is 20.5. The highest BCUT2D eigenvalue weighted by atomic mass is 19.4. The Balaban J connectivity index is 1.34. The maximum Gasteiger partial charge on any atom is 0.573 e. The van der Waals surface area contributed by atoms with Crippen LogP contribution in [0.5, 0.6) is 5.75 Å². The Morgan fingerprint density at radius 3 is 2.33 bits per heavy atom. The molecular weight excluding hydrogens is 472 g/mol. The highest BCUT2D eigenvalue weighted by molar-refractivity contribution is 5.84. The van der Waals surface area contributed by atoms with E-state index in [1.807, 2.05) is 18.2 Å². The van der Waals surface area contributed by atoms with Gasteiger partial charge in [-0.15, -0.1) is 13.2 Å². The summed E-state index contributed by atoms with van der Waals surface area (Å²) in [4.78, 5) is 0. The normalized spacial score (nSPS) is 18.5. The molecule has 0 atom stereocenters. The van der Waals surface area contributed by atoms with Gasteiger partial charge in [-0.3, -0.25) is 0 Å². The molecule has 1 heterocycles. The van der Waals surface area contributed by atoms with Crippen LogP contribution in [0.25, 0.3) is 10.8 Å². The van der Waals surface area contributed by atoms with Crippen LogP contribution in [0.1, 0.15) is 62.0 Å². The van der Waals surface area contributed by atoms with Gasteiger partial charge in [0.15, 0.2) is 6.29 Å². The number of fused-ring (bicyclic) bond motifs is 1. The first kappa shape index (κ1) is 26.4. The molecule has 3 nitrogen and oxygen atoms in total. The second-order valence-electron chi connectivity index (χ2n) is 9.42. The summed E-state index contributed by atoms with van der Waals surface area (Å²) >= 11 is 0. The summed E-state index contributed by atoms with van der Waals surface area (Å²) in [6.45, 7) is 3.55. The number of aryl methyl sites for hydroxylation is 2. The molecular formula is C29H32F4O3. The summed E-state index contributed by atoms with van der Waals surface area (Å²) in [5.74, 6) is -0.131. The monoisotopic (exact) mass is 504 g/mol. The summed E-state index contributed by atoms with van der Waals surface area (Å²) < 4.78 is 68.0. The molecule has 0 bridgehead atoms. The topological polar surface area (TPSA) is 27.7 Å². The average Bonchev–Trinajstić information content (AvgIpc) is 2.86. The molecule has 36 heavy (non-hydrogen) atoms. The molecule has 1 aliphatic rings. The number of benzene rings is 3. The lowest BCUT2D eigenvalue weighted by Crippen LogP contribution is -2.27. The van der Waals surface area contributed by atoms with E-state index in [-0.39, 0.29) is 11.6 Å². The molecule has 1 aliphatic heterocycles. The minimum Gasteiger partial charge on any atom is -0.406 e. The van der Waals surface area contributed by atoms with Gasteiger partial charge in [0, 0.05) is 16.9 Å². The van der Waals surface area contributed by atoms with E-state index < -0.39 is 12.7 Å². The Bertz CT molecular complexity index is 1120. The number of ether oxygens (including phenoxy) is 3. The molecule has 1 saturated heterocycles. The van der Waals surface area contributed by atoms with Crippen LogP contribution >= 0.6 is 0 Å². The van der Waals surface area contributed by atoms with Crippen LogP contribution in [0.15, 0.2) is 54.6 Å². The summed E-state index contributed by atoms with van der Waals surface area (Å²) in [5, 5.41) is 1.30. The summed E-state index contributed by atoms with van der Waals surface area (Å²) in [7, 11) is 0. The molecule has 3 aromatic rings. The third-order valence-electron chi connectivity index (χ3n) is 6.60. The van der Waals surface area contributed by atoms with Crippen molar-refractivity contribution >= 4 is 10.8 Å². The second-order valence-corrected chi connectivity index (χ2v) is 9.42. The van der Waals surface area contributed by atoms with Crippen molar-refractivity contribution in [1.29, 1.82) is 0 Å². The van der Waals surface area contributed by atoms with Crippen LogP contribution in [0, 0.1) is 11.7 Å². The second kappa shape index (κ2) is 12.1. The average molecular weight is 505 g/mol. The standard InChI is InChI=1S/C29H32F4O3/c1-2-3-4-5-6-21-18-34-28(35-19-21)24-13-16-26-23(17-24)12-11-22(27(26)30)10-7-20-8-14-25(15-9-20)36-29(31,32)33/h8-9,11-17,21,28H,2-7,10,18-19H2,1H3. The predicted molar refractivity (Wildman–Crippen MR) is 131 cm³/mol. The first-order valence-corrected chi connectivity index (χ1v) is 12.6.